The van der Waals surface area contributed by atoms with Gasteiger partial charge in [-0.3, -0.25) is 0 Å². The third-order valence-electron chi connectivity index (χ3n) is 6.24. The first kappa shape index (κ1) is 20.0. The van der Waals surface area contributed by atoms with Gasteiger partial charge in [-0.1, -0.05) is 43.7 Å². The van der Waals surface area contributed by atoms with Crippen molar-refractivity contribution in [2.24, 2.45) is 5.92 Å². The van der Waals surface area contributed by atoms with E-state index < -0.39 is 0 Å². The first-order valence-electron chi connectivity index (χ1n) is 10.6. The maximum atomic E-state index is 10.0. The molecule has 5 heteroatoms. The Kier molecular flexibility index (Phi) is 6.19. The fraction of sp³-hybridized carbons (Fsp3) is 0.500. The highest BCUT2D eigenvalue weighted by atomic mass is 32.1. The molecule has 2 aromatic rings. The second kappa shape index (κ2) is 8.99. The molecule has 1 aliphatic carbocycles. The molecular formula is C24H27N3OS. The van der Waals surface area contributed by atoms with E-state index in [4.69, 9.17) is 0 Å². The average Bonchev–Trinajstić information content (AvgIpc) is 3.41. The van der Waals surface area contributed by atoms with Gasteiger partial charge in [0.15, 0.2) is 5.13 Å². The number of nitriles is 1. The maximum Gasteiger partial charge on any atom is 0.186 e. The fourth-order valence-electron chi connectivity index (χ4n) is 4.55. The van der Waals surface area contributed by atoms with Crippen LogP contribution in [0.15, 0.2) is 30.5 Å². The summed E-state index contributed by atoms with van der Waals surface area (Å²) in [6, 6.07) is 10.2. The van der Waals surface area contributed by atoms with Gasteiger partial charge in [0.25, 0.3) is 0 Å². The first-order chi connectivity index (χ1) is 14.2. The lowest BCUT2D eigenvalue weighted by molar-refractivity contribution is 0.187. The van der Waals surface area contributed by atoms with Crippen LogP contribution in [0.2, 0.25) is 0 Å². The van der Waals surface area contributed by atoms with Crippen molar-refractivity contribution in [3.63, 3.8) is 0 Å². The molecule has 1 saturated heterocycles. The largest absolute Gasteiger partial charge is 0.394 e. The minimum absolute atomic E-state index is 0.00678. The van der Waals surface area contributed by atoms with Crippen LogP contribution in [0.3, 0.4) is 0 Å². The number of aliphatic hydroxyl groups excluding tert-OH is 1. The quantitative estimate of drug-likeness (QED) is 0.745. The van der Waals surface area contributed by atoms with Gasteiger partial charge >= 0.3 is 0 Å². The predicted molar refractivity (Wildman–Crippen MR) is 117 cm³/mol. The van der Waals surface area contributed by atoms with Crippen LogP contribution in [0.4, 0.5) is 5.13 Å². The number of nitrogens with zero attached hydrogens (tertiary/aromatic N) is 3. The molecule has 2 fully saturated rings. The molecule has 0 spiro atoms. The molecule has 1 N–H and O–H groups in total. The van der Waals surface area contributed by atoms with Crippen LogP contribution in [0.1, 0.15) is 60.9 Å². The fourth-order valence-corrected chi connectivity index (χ4v) is 5.50. The second-order valence-corrected chi connectivity index (χ2v) is 9.09. The smallest absolute Gasteiger partial charge is 0.186 e. The monoisotopic (exact) mass is 405 g/mol. The van der Waals surface area contributed by atoms with Gasteiger partial charge in [0.05, 0.1) is 18.7 Å². The summed E-state index contributed by atoms with van der Waals surface area (Å²) >= 11 is 1.61. The van der Waals surface area contributed by atoms with Crippen molar-refractivity contribution in [1.29, 1.82) is 5.26 Å². The molecule has 4 rings (SSSR count). The number of hydrogen-bond acceptors (Lipinski definition) is 5. The molecule has 1 aromatic carbocycles. The molecule has 2 heterocycles. The van der Waals surface area contributed by atoms with E-state index in [2.05, 4.69) is 42.0 Å². The van der Waals surface area contributed by atoms with E-state index >= 15 is 0 Å². The van der Waals surface area contributed by atoms with Crippen LogP contribution in [0.5, 0.6) is 0 Å². The highest BCUT2D eigenvalue weighted by Gasteiger charge is 2.50. The van der Waals surface area contributed by atoms with Crippen molar-refractivity contribution >= 4 is 16.5 Å². The zero-order valence-electron chi connectivity index (χ0n) is 16.8. The number of hydrogen-bond donors (Lipinski definition) is 1. The molecule has 3 atom stereocenters. The Labute approximate surface area is 177 Å². The van der Waals surface area contributed by atoms with Gasteiger partial charge in [-0.2, -0.15) is 5.26 Å². The lowest BCUT2D eigenvalue weighted by Gasteiger charge is -2.51. The van der Waals surface area contributed by atoms with Crippen LogP contribution < -0.4 is 4.90 Å². The number of aromatic nitrogens is 1. The Hall–Kier alpha value is -2.34. The molecule has 29 heavy (non-hydrogen) atoms. The number of aliphatic hydroxyl groups is 1. The number of thiazole rings is 1. The Balaban J connectivity index is 1.47. The molecular weight excluding hydrogens is 378 g/mol. The maximum absolute atomic E-state index is 10.0. The Morgan fingerprint density at radius 3 is 2.62 bits per heavy atom. The predicted octanol–water partition coefficient (Wildman–Crippen LogP) is 4.49. The third-order valence-corrected chi connectivity index (χ3v) is 7.39. The summed E-state index contributed by atoms with van der Waals surface area (Å²) in [4.78, 5) is 7.65. The molecule has 0 bridgehead atoms. The summed E-state index contributed by atoms with van der Waals surface area (Å²) in [6.45, 7) is 2.10. The van der Waals surface area contributed by atoms with Crippen molar-refractivity contribution in [1.82, 2.24) is 4.98 Å². The summed E-state index contributed by atoms with van der Waals surface area (Å²) in [5, 5.41) is 20.6. The SMILES string of the molecule is CCc1cnc(N2[C@H](C#N)[C@H](c3ccc(C#CCC4CCCC4)cc3)[C@@H]2CO)s1. The summed E-state index contributed by atoms with van der Waals surface area (Å²) in [5.41, 5.74) is 2.10. The summed E-state index contributed by atoms with van der Waals surface area (Å²) in [7, 11) is 0. The van der Waals surface area contributed by atoms with Gasteiger partial charge in [0, 0.05) is 29.0 Å². The van der Waals surface area contributed by atoms with Gasteiger partial charge < -0.3 is 10.0 Å². The molecule has 0 amide bonds. The molecule has 4 nitrogen and oxygen atoms in total. The molecule has 1 saturated carbocycles. The van der Waals surface area contributed by atoms with Crippen LogP contribution in [-0.2, 0) is 6.42 Å². The van der Waals surface area contributed by atoms with Crippen LogP contribution in [0.25, 0.3) is 0 Å². The Morgan fingerprint density at radius 1 is 1.24 bits per heavy atom. The zero-order valence-corrected chi connectivity index (χ0v) is 17.7. The number of anilines is 1. The van der Waals surface area contributed by atoms with E-state index in [-0.39, 0.29) is 24.6 Å². The van der Waals surface area contributed by atoms with Crippen molar-refractivity contribution in [3.8, 4) is 17.9 Å². The molecule has 2 aliphatic rings. The topological polar surface area (TPSA) is 60.2 Å². The lowest BCUT2D eigenvalue weighted by Crippen LogP contribution is -2.63. The van der Waals surface area contributed by atoms with E-state index in [1.807, 2.05) is 23.2 Å². The Bertz CT molecular complexity index is 928. The van der Waals surface area contributed by atoms with Gasteiger partial charge in [0.1, 0.15) is 6.04 Å². The van der Waals surface area contributed by atoms with Crippen LogP contribution in [0, 0.1) is 29.1 Å². The second-order valence-electron chi connectivity index (χ2n) is 8.00. The lowest BCUT2D eigenvalue weighted by atomic mass is 9.76. The summed E-state index contributed by atoms with van der Waals surface area (Å²) < 4.78 is 0. The van der Waals surface area contributed by atoms with E-state index in [1.165, 1.54) is 30.6 Å². The molecule has 1 aliphatic heterocycles. The van der Waals surface area contributed by atoms with Gasteiger partial charge in [-0.15, -0.1) is 11.3 Å². The van der Waals surface area contributed by atoms with Crippen molar-refractivity contribution in [2.45, 2.75) is 63.5 Å². The van der Waals surface area contributed by atoms with E-state index in [9.17, 15) is 10.4 Å². The Morgan fingerprint density at radius 2 is 2.00 bits per heavy atom. The van der Waals surface area contributed by atoms with E-state index in [0.29, 0.717) is 0 Å². The highest BCUT2D eigenvalue weighted by molar-refractivity contribution is 7.15. The summed E-state index contributed by atoms with van der Waals surface area (Å²) in [6.07, 6.45) is 9.15. The van der Waals surface area contributed by atoms with Gasteiger partial charge in [-0.25, -0.2) is 4.98 Å². The number of rotatable bonds is 5. The molecule has 0 radical (unpaired) electrons. The number of aryl methyl sites for hydroxylation is 1. The minimum atomic E-state index is -0.303. The minimum Gasteiger partial charge on any atom is -0.394 e. The first-order valence-corrected chi connectivity index (χ1v) is 11.4. The normalized spacial score (nSPS) is 23.9. The highest BCUT2D eigenvalue weighted by Crippen LogP contribution is 2.44. The van der Waals surface area contributed by atoms with Crippen molar-refractivity contribution < 1.29 is 5.11 Å². The van der Waals surface area contributed by atoms with Crippen molar-refractivity contribution in [3.05, 3.63) is 46.5 Å². The van der Waals surface area contributed by atoms with Crippen LogP contribution >= 0.6 is 11.3 Å². The van der Waals surface area contributed by atoms with E-state index in [1.54, 1.807) is 11.3 Å². The van der Waals surface area contributed by atoms with Gasteiger partial charge in [0.2, 0.25) is 0 Å². The van der Waals surface area contributed by atoms with Crippen LogP contribution in [-0.4, -0.2) is 28.8 Å². The van der Waals surface area contributed by atoms with Crippen molar-refractivity contribution in [2.75, 3.05) is 11.5 Å². The summed E-state index contributed by atoms with van der Waals surface area (Å²) in [5.74, 6) is 7.39. The number of benzene rings is 1. The molecule has 150 valence electrons. The molecule has 0 unspecified atom stereocenters. The average molecular weight is 406 g/mol. The third kappa shape index (κ3) is 4.04. The van der Waals surface area contributed by atoms with Gasteiger partial charge in [-0.05, 0) is 42.9 Å². The standard InChI is InChI=1S/C24H27N3OS/c1-2-20-15-26-24(29-20)27-21(14-25)23(22(27)16-28)19-12-10-18(11-13-19)9-5-8-17-6-3-4-7-17/h10-13,15,17,21-23,28H,2-4,6-8,16H2,1H3/t21-,22+,23+/m1/s1. The zero-order chi connectivity index (χ0) is 20.2. The molecule has 1 aromatic heterocycles. The van der Waals surface area contributed by atoms with E-state index in [0.717, 1.165) is 35.0 Å².